The van der Waals surface area contributed by atoms with Gasteiger partial charge in [0.1, 0.15) is 12.4 Å². The number of methoxy groups -OCH3 is 1. The summed E-state index contributed by atoms with van der Waals surface area (Å²) in [6.45, 7) is 0.366. The van der Waals surface area contributed by atoms with Crippen molar-refractivity contribution in [2.75, 3.05) is 12.8 Å². The average Bonchev–Trinajstić information content (AvgIpc) is 2.40. The summed E-state index contributed by atoms with van der Waals surface area (Å²) in [4.78, 5) is 0. The van der Waals surface area contributed by atoms with Crippen molar-refractivity contribution in [3.05, 3.63) is 48.0 Å². The topological polar surface area (TPSA) is 64.7 Å². The summed E-state index contributed by atoms with van der Waals surface area (Å²) in [6.07, 6.45) is 0. The van der Waals surface area contributed by atoms with Crippen molar-refractivity contribution in [2.45, 2.75) is 6.61 Å². The lowest BCUT2D eigenvalue weighted by Gasteiger charge is -2.10. The van der Waals surface area contributed by atoms with Crippen LogP contribution in [0.1, 0.15) is 5.56 Å². The first-order valence-corrected chi connectivity index (χ1v) is 5.54. The van der Waals surface area contributed by atoms with E-state index in [9.17, 15) is 5.11 Å². The summed E-state index contributed by atoms with van der Waals surface area (Å²) in [5, 5.41) is 9.33. The number of benzene rings is 2. The minimum atomic E-state index is 0.0797. The largest absolute Gasteiger partial charge is 0.506 e. The molecule has 0 aliphatic heterocycles. The number of hydrogen-bond donors (Lipinski definition) is 2. The minimum Gasteiger partial charge on any atom is -0.506 e. The summed E-state index contributed by atoms with van der Waals surface area (Å²) in [7, 11) is 1.60. The van der Waals surface area contributed by atoms with E-state index >= 15 is 0 Å². The van der Waals surface area contributed by atoms with Crippen LogP contribution in [-0.2, 0) is 6.61 Å². The third-order valence-corrected chi connectivity index (χ3v) is 2.56. The van der Waals surface area contributed by atoms with Crippen molar-refractivity contribution in [2.24, 2.45) is 0 Å². The number of phenolic OH excluding ortho intramolecular Hbond substituents is 1. The van der Waals surface area contributed by atoms with Gasteiger partial charge in [-0.05, 0) is 29.8 Å². The van der Waals surface area contributed by atoms with E-state index in [2.05, 4.69) is 0 Å². The van der Waals surface area contributed by atoms with Crippen LogP contribution in [-0.4, -0.2) is 12.2 Å². The highest BCUT2D eigenvalue weighted by Crippen LogP contribution is 2.27. The van der Waals surface area contributed by atoms with Gasteiger partial charge in [-0.25, -0.2) is 0 Å². The number of anilines is 1. The number of aromatic hydroxyl groups is 1. The minimum absolute atomic E-state index is 0.0797. The molecule has 4 heteroatoms. The molecule has 0 radical (unpaired) electrons. The second kappa shape index (κ2) is 5.31. The van der Waals surface area contributed by atoms with Gasteiger partial charge in [-0.1, -0.05) is 18.2 Å². The van der Waals surface area contributed by atoms with Gasteiger partial charge in [-0.3, -0.25) is 0 Å². The summed E-state index contributed by atoms with van der Waals surface area (Å²) in [6, 6.07) is 12.4. The van der Waals surface area contributed by atoms with E-state index in [1.54, 1.807) is 25.3 Å². The van der Waals surface area contributed by atoms with E-state index in [0.29, 0.717) is 23.8 Å². The summed E-state index contributed by atoms with van der Waals surface area (Å²) >= 11 is 0. The second-order valence-corrected chi connectivity index (χ2v) is 3.83. The van der Waals surface area contributed by atoms with E-state index in [1.165, 1.54) is 0 Å². The molecule has 0 atom stereocenters. The van der Waals surface area contributed by atoms with E-state index in [4.69, 9.17) is 15.2 Å². The van der Waals surface area contributed by atoms with Gasteiger partial charge in [-0.2, -0.15) is 0 Å². The molecule has 0 saturated carbocycles. The van der Waals surface area contributed by atoms with Gasteiger partial charge in [0.15, 0.2) is 11.5 Å². The monoisotopic (exact) mass is 245 g/mol. The number of ether oxygens (including phenoxy) is 2. The number of para-hydroxylation sites is 2. The van der Waals surface area contributed by atoms with Crippen LogP contribution in [0.15, 0.2) is 42.5 Å². The van der Waals surface area contributed by atoms with Crippen molar-refractivity contribution < 1.29 is 14.6 Å². The summed E-state index contributed by atoms with van der Waals surface area (Å²) in [5.41, 5.74) is 6.84. The quantitative estimate of drug-likeness (QED) is 0.641. The molecule has 2 aromatic rings. The normalized spacial score (nSPS) is 10.1. The third-order valence-electron chi connectivity index (χ3n) is 2.56. The van der Waals surface area contributed by atoms with E-state index in [-0.39, 0.29) is 5.75 Å². The third kappa shape index (κ3) is 2.66. The highest BCUT2D eigenvalue weighted by molar-refractivity contribution is 5.53. The molecule has 0 spiro atoms. The molecule has 2 rings (SSSR count). The van der Waals surface area contributed by atoms with Crippen molar-refractivity contribution in [3.63, 3.8) is 0 Å². The molecule has 3 N–H and O–H groups in total. The average molecular weight is 245 g/mol. The Hall–Kier alpha value is -2.36. The van der Waals surface area contributed by atoms with Crippen molar-refractivity contribution in [1.82, 2.24) is 0 Å². The maximum Gasteiger partial charge on any atom is 0.161 e. The SMILES string of the molecule is COc1ccccc1OCc1ccc(O)c(N)c1. The van der Waals surface area contributed by atoms with Crippen LogP contribution in [0.25, 0.3) is 0 Å². The van der Waals surface area contributed by atoms with Gasteiger partial charge in [0, 0.05) is 0 Å². The molecule has 0 heterocycles. The molecule has 2 aromatic carbocycles. The molecule has 0 aliphatic rings. The lowest BCUT2D eigenvalue weighted by molar-refractivity contribution is 0.284. The highest BCUT2D eigenvalue weighted by Gasteiger charge is 2.04. The van der Waals surface area contributed by atoms with Gasteiger partial charge in [0.25, 0.3) is 0 Å². The van der Waals surface area contributed by atoms with Crippen LogP contribution in [0.4, 0.5) is 5.69 Å². The Morgan fingerprint density at radius 2 is 1.83 bits per heavy atom. The van der Waals surface area contributed by atoms with Crippen molar-refractivity contribution in [1.29, 1.82) is 0 Å². The number of nitrogens with two attached hydrogens (primary N) is 1. The lowest BCUT2D eigenvalue weighted by atomic mass is 10.2. The molecule has 0 unspecified atom stereocenters. The number of nitrogen functional groups attached to an aromatic ring is 1. The highest BCUT2D eigenvalue weighted by atomic mass is 16.5. The smallest absolute Gasteiger partial charge is 0.161 e. The van der Waals surface area contributed by atoms with Gasteiger partial charge >= 0.3 is 0 Å². The molecule has 0 aliphatic carbocycles. The molecule has 0 bridgehead atoms. The molecule has 0 amide bonds. The van der Waals surface area contributed by atoms with Crippen LogP contribution in [0.2, 0.25) is 0 Å². The summed E-state index contributed by atoms with van der Waals surface area (Å²) < 4.78 is 10.8. The predicted octanol–water partition coefficient (Wildman–Crippen LogP) is 2.56. The predicted molar refractivity (Wildman–Crippen MR) is 69.8 cm³/mol. The zero-order chi connectivity index (χ0) is 13.0. The van der Waals surface area contributed by atoms with E-state index < -0.39 is 0 Å². The first kappa shape index (κ1) is 12.1. The molecule has 4 nitrogen and oxygen atoms in total. The zero-order valence-electron chi connectivity index (χ0n) is 10.1. The van der Waals surface area contributed by atoms with Crippen LogP contribution >= 0.6 is 0 Å². The summed E-state index contributed by atoms with van der Waals surface area (Å²) in [5.74, 6) is 1.44. The first-order chi connectivity index (χ1) is 8.70. The van der Waals surface area contributed by atoms with E-state index in [0.717, 1.165) is 5.56 Å². The Balaban J connectivity index is 2.09. The van der Waals surface area contributed by atoms with Gasteiger partial charge < -0.3 is 20.3 Å². The fraction of sp³-hybridized carbons (Fsp3) is 0.143. The Labute approximate surface area is 106 Å². The van der Waals surface area contributed by atoms with Crippen LogP contribution in [0.3, 0.4) is 0 Å². The van der Waals surface area contributed by atoms with Crippen molar-refractivity contribution >= 4 is 5.69 Å². The maximum absolute atomic E-state index is 9.33. The fourth-order valence-electron chi connectivity index (χ4n) is 1.59. The molecule has 94 valence electrons. The van der Waals surface area contributed by atoms with Crippen LogP contribution in [0.5, 0.6) is 17.2 Å². The first-order valence-electron chi connectivity index (χ1n) is 5.54. The van der Waals surface area contributed by atoms with Gasteiger partial charge in [0.2, 0.25) is 0 Å². The standard InChI is InChI=1S/C14H15NO3/c1-17-13-4-2-3-5-14(13)18-9-10-6-7-12(16)11(15)8-10/h2-8,16H,9,15H2,1H3. The molecule has 0 aromatic heterocycles. The molecule has 0 saturated heterocycles. The lowest BCUT2D eigenvalue weighted by Crippen LogP contribution is -1.98. The van der Waals surface area contributed by atoms with Gasteiger partial charge in [-0.15, -0.1) is 0 Å². The number of phenols is 1. The number of hydrogen-bond acceptors (Lipinski definition) is 4. The Kier molecular flexibility index (Phi) is 3.57. The second-order valence-electron chi connectivity index (χ2n) is 3.83. The van der Waals surface area contributed by atoms with E-state index in [1.807, 2.05) is 24.3 Å². The van der Waals surface area contributed by atoms with Crippen LogP contribution < -0.4 is 15.2 Å². The fourth-order valence-corrected chi connectivity index (χ4v) is 1.59. The number of rotatable bonds is 4. The Morgan fingerprint density at radius 1 is 1.11 bits per heavy atom. The zero-order valence-corrected chi connectivity index (χ0v) is 10.1. The molecule has 18 heavy (non-hydrogen) atoms. The molecular weight excluding hydrogens is 230 g/mol. The van der Waals surface area contributed by atoms with Gasteiger partial charge in [0.05, 0.1) is 12.8 Å². The maximum atomic E-state index is 9.33. The Morgan fingerprint density at radius 3 is 2.50 bits per heavy atom. The van der Waals surface area contributed by atoms with Crippen molar-refractivity contribution in [3.8, 4) is 17.2 Å². The molecular formula is C14H15NO3. The van der Waals surface area contributed by atoms with Crippen LogP contribution in [0, 0.1) is 0 Å². The Bertz CT molecular complexity index is 540. The molecule has 0 fully saturated rings.